The third-order valence-corrected chi connectivity index (χ3v) is 6.70. The largest absolute Gasteiger partial charge is 0.507 e. The van der Waals surface area contributed by atoms with Gasteiger partial charge < -0.3 is 15.0 Å². The van der Waals surface area contributed by atoms with Crippen LogP contribution in [0.25, 0.3) is 10.8 Å². The molecule has 3 N–H and O–H groups in total. The molecule has 0 aliphatic heterocycles. The van der Waals surface area contributed by atoms with Crippen molar-refractivity contribution >= 4 is 51.9 Å². The lowest BCUT2D eigenvalue weighted by atomic mass is 10.0. The molecule has 0 saturated heterocycles. The Morgan fingerprint density at radius 2 is 1.97 bits per heavy atom. The molecule has 1 amide bonds. The molecule has 0 aliphatic rings. The second-order valence-corrected chi connectivity index (χ2v) is 9.62. The maximum atomic E-state index is 12.7. The third kappa shape index (κ3) is 6.05. The number of benzene rings is 3. The number of carbonyl (C=O) groups is 1. The van der Waals surface area contributed by atoms with Crippen molar-refractivity contribution in [1.29, 1.82) is 0 Å². The smallest absolute Gasteiger partial charge is 0.253 e. The number of fused-ring (bicyclic) bond motifs is 1. The van der Waals surface area contributed by atoms with Gasteiger partial charge in [0.25, 0.3) is 5.91 Å². The highest BCUT2D eigenvalue weighted by atomic mass is 35.5. The summed E-state index contributed by atoms with van der Waals surface area (Å²) in [5, 5.41) is 28.8. The van der Waals surface area contributed by atoms with Gasteiger partial charge in [0.1, 0.15) is 5.75 Å². The summed E-state index contributed by atoms with van der Waals surface area (Å²) >= 11 is 7.22. The van der Waals surface area contributed by atoms with Gasteiger partial charge in [0.15, 0.2) is 11.0 Å². The van der Waals surface area contributed by atoms with Gasteiger partial charge in [-0.15, -0.1) is 16.8 Å². The number of amides is 1. The van der Waals surface area contributed by atoms with E-state index in [-0.39, 0.29) is 11.7 Å². The van der Waals surface area contributed by atoms with Crippen molar-refractivity contribution in [1.82, 2.24) is 20.2 Å². The molecular formula is C26H25ClN6O2S. The number of hydrogen-bond donors (Lipinski definition) is 3. The maximum absolute atomic E-state index is 12.7. The van der Waals surface area contributed by atoms with E-state index >= 15 is 0 Å². The van der Waals surface area contributed by atoms with E-state index in [0.29, 0.717) is 34.7 Å². The Kier molecular flexibility index (Phi) is 8.24. The van der Waals surface area contributed by atoms with E-state index in [4.69, 9.17) is 11.6 Å². The Bertz CT molecular complexity index is 1400. The van der Waals surface area contributed by atoms with Crippen molar-refractivity contribution in [2.24, 2.45) is 5.10 Å². The maximum Gasteiger partial charge on any atom is 0.253 e. The van der Waals surface area contributed by atoms with Gasteiger partial charge in [-0.2, -0.15) is 5.10 Å². The number of rotatable bonds is 10. The molecule has 36 heavy (non-hydrogen) atoms. The Labute approximate surface area is 218 Å². The van der Waals surface area contributed by atoms with E-state index in [0.717, 1.165) is 16.5 Å². The molecule has 0 spiro atoms. The minimum absolute atomic E-state index is 0.0892. The molecule has 10 heteroatoms. The van der Waals surface area contributed by atoms with Crippen molar-refractivity contribution in [2.75, 3.05) is 5.32 Å². The highest BCUT2D eigenvalue weighted by molar-refractivity contribution is 8.00. The van der Waals surface area contributed by atoms with Crippen LogP contribution in [0.3, 0.4) is 0 Å². The minimum Gasteiger partial charge on any atom is -0.507 e. The van der Waals surface area contributed by atoms with E-state index in [2.05, 4.69) is 32.6 Å². The molecule has 0 bridgehead atoms. The molecule has 0 radical (unpaired) electrons. The van der Waals surface area contributed by atoms with Gasteiger partial charge in [-0.05, 0) is 48.0 Å². The van der Waals surface area contributed by atoms with Crippen LogP contribution in [0.15, 0.2) is 83.6 Å². The quantitative estimate of drug-likeness (QED) is 0.115. The first kappa shape index (κ1) is 25.3. The van der Waals surface area contributed by atoms with Crippen molar-refractivity contribution in [3.63, 3.8) is 0 Å². The average Bonchev–Trinajstić information content (AvgIpc) is 3.26. The molecule has 4 aromatic rings. The Morgan fingerprint density at radius 1 is 1.19 bits per heavy atom. The van der Waals surface area contributed by atoms with Crippen LogP contribution in [0.5, 0.6) is 5.75 Å². The molecule has 0 fully saturated rings. The van der Waals surface area contributed by atoms with Crippen molar-refractivity contribution < 1.29 is 9.90 Å². The molecular weight excluding hydrogens is 496 g/mol. The van der Waals surface area contributed by atoms with Gasteiger partial charge in [0.05, 0.1) is 18.0 Å². The van der Waals surface area contributed by atoms with E-state index in [1.807, 2.05) is 59.2 Å². The lowest BCUT2D eigenvalue weighted by Crippen LogP contribution is -2.27. The number of nitrogens with zero attached hydrogens (tertiary/aromatic N) is 4. The summed E-state index contributed by atoms with van der Waals surface area (Å²) in [5.74, 6) is 0.501. The number of phenolic OH excluding ortho intramolecular Hbond substituents is 1. The first-order valence-corrected chi connectivity index (χ1v) is 12.4. The summed E-state index contributed by atoms with van der Waals surface area (Å²) in [4.78, 5) is 12.7. The van der Waals surface area contributed by atoms with Gasteiger partial charge in [0.2, 0.25) is 0 Å². The van der Waals surface area contributed by atoms with Crippen LogP contribution in [-0.4, -0.2) is 37.2 Å². The number of thioether (sulfide) groups is 1. The van der Waals surface area contributed by atoms with Gasteiger partial charge in [-0.3, -0.25) is 4.79 Å². The zero-order valence-electron chi connectivity index (χ0n) is 19.6. The number of halogens is 1. The van der Waals surface area contributed by atoms with E-state index in [9.17, 15) is 9.90 Å². The summed E-state index contributed by atoms with van der Waals surface area (Å²) in [7, 11) is 0. The van der Waals surface area contributed by atoms with Crippen molar-refractivity contribution in [2.45, 2.75) is 30.4 Å². The van der Waals surface area contributed by atoms with Crippen LogP contribution in [0.1, 0.15) is 18.3 Å². The number of carbonyl (C=O) groups excluding carboxylic acids is 1. The number of phenols is 1. The molecule has 1 heterocycles. The molecule has 0 aliphatic carbocycles. The monoisotopic (exact) mass is 520 g/mol. The van der Waals surface area contributed by atoms with Crippen LogP contribution in [0.2, 0.25) is 5.02 Å². The van der Waals surface area contributed by atoms with Crippen LogP contribution < -0.4 is 10.7 Å². The highest BCUT2D eigenvalue weighted by Crippen LogP contribution is 2.26. The van der Waals surface area contributed by atoms with Crippen LogP contribution >= 0.6 is 23.4 Å². The second kappa shape index (κ2) is 11.7. The molecule has 0 unspecified atom stereocenters. The zero-order valence-corrected chi connectivity index (χ0v) is 21.1. The first-order chi connectivity index (χ1) is 17.5. The Hall–Kier alpha value is -3.82. The normalized spacial score (nSPS) is 12.1. The van der Waals surface area contributed by atoms with Gasteiger partial charge in [0, 0.05) is 22.8 Å². The highest BCUT2D eigenvalue weighted by Gasteiger charge is 2.19. The van der Waals surface area contributed by atoms with Crippen molar-refractivity contribution in [3.05, 3.63) is 89.7 Å². The number of anilines is 1. The van der Waals surface area contributed by atoms with Crippen LogP contribution in [-0.2, 0) is 17.9 Å². The Morgan fingerprint density at radius 3 is 2.75 bits per heavy atom. The lowest BCUT2D eigenvalue weighted by molar-refractivity contribution is -0.120. The molecule has 4 rings (SSSR count). The topological polar surface area (TPSA) is 104 Å². The summed E-state index contributed by atoms with van der Waals surface area (Å²) in [5.41, 5.74) is 4.00. The number of aromatic nitrogens is 3. The standard InChI is InChI=1S/C26H25ClN6O2S/c1-3-14-33-24(16-28-20-11-9-19(27)10-12-20)30-32-26(33)36-17(2)25(35)31-29-15-22-21-7-5-4-6-18(21)8-13-23(22)34/h3-13,15,17,28,34H,1,14,16H2,2H3,(H,31,35)/b29-15-/t17-/m0/s1. The fourth-order valence-electron chi connectivity index (χ4n) is 3.48. The fourth-order valence-corrected chi connectivity index (χ4v) is 4.48. The van der Waals surface area contributed by atoms with E-state index in [1.54, 1.807) is 19.1 Å². The van der Waals surface area contributed by atoms with E-state index < -0.39 is 5.25 Å². The van der Waals surface area contributed by atoms with Crippen LogP contribution in [0.4, 0.5) is 5.69 Å². The van der Waals surface area contributed by atoms with Crippen LogP contribution in [0, 0.1) is 0 Å². The second-order valence-electron chi connectivity index (χ2n) is 7.87. The summed E-state index contributed by atoms with van der Waals surface area (Å²) < 4.78 is 1.90. The average molecular weight is 521 g/mol. The first-order valence-electron chi connectivity index (χ1n) is 11.2. The number of hydrazone groups is 1. The summed E-state index contributed by atoms with van der Waals surface area (Å²) in [6, 6.07) is 18.5. The fraction of sp³-hybridized carbons (Fsp3) is 0.154. The molecule has 1 aromatic heterocycles. The SMILES string of the molecule is C=CCn1c(CNc2ccc(Cl)cc2)nnc1S[C@@H](C)C(=O)N/N=C\c1c(O)ccc2ccccc12. The third-order valence-electron chi connectivity index (χ3n) is 5.37. The predicted molar refractivity (Wildman–Crippen MR) is 146 cm³/mol. The summed E-state index contributed by atoms with van der Waals surface area (Å²) in [6.07, 6.45) is 3.21. The molecule has 1 atom stereocenters. The number of allylic oxidation sites excluding steroid dienone is 1. The molecule has 3 aromatic carbocycles. The summed E-state index contributed by atoms with van der Waals surface area (Å²) in [6.45, 7) is 6.53. The Balaban J connectivity index is 1.40. The van der Waals surface area contributed by atoms with Gasteiger partial charge in [-0.25, -0.2) is 5.43 Å². The number of aromatic hydroxyl groups is 1. The van der Waals surface area contributed by atoms with E-state index in [1.165, 1.54) is 18.0 Å². The molecule has 8 nitrogen and oxygen atoms in total. The predicted octanol–water partition coefficient (Wildman–Crippen LogP) is 5.22. The number of hydrogen-bond acceptors (Lipinski definition) is 7. The number of nitrogens with one attached hydrogen (secondary N) is 2. The van der Waals surface area contributed by atoms with Gasteiger partial charge >= 0.3 is 0 Å². The molecule has 184 valence electrons. The van der Waals surface area contributed by atoms with Crippen molar-refractivity contribution in [3.8, 4) is 5.75 Å². The zero-order chi connectivity index (χ0) is 25.5. The minimum atomic E-state index is -0.492. The van der Waals surface area contributed by atoms with Gasteiger partial charge in [-0.1, -0.05) is 59.8 Å². The molecule has 0 saturated carbocycles. The lowest BCUT2D eigenvalue weighted by Gasteiger charge is -2.12.